The number of ether oxygens (including phenoxy) is 5. The normalized spacial score (nSPS) is 34.9. The quantitative estimate of drug-likeness (QED) is 0.625. The molecule has 0 aromatic rings. The lowest BCUT2D eigenvalue weighted by atomic mass is 10.1. The maximum absolute atomic E-state index is 5.85. The minimum atomic E-state index is -0.349. The number of hydrogen-bond acceptors (Lipinski definition) is 5. The maximum Gasteiger partial charge on any atom is 0.0984 e. The molecule has 0 bridgehead atoms. The van der Waals surface area contributed by atoms with Gasteiger partial charge in [-0.2, -0.15) is 0 Å². The van der Waals surface area contributed by atoms with E-state index in [0.29, 0.717) is 51.6 Å². The third-order valence-electron chi connectivity index (χ3n) is 3.04. The second-order valence-electron chi connectivity index (χ2n) is 5.35. The van der Waals surface area contributed by atoms with Crippen LogP contribution < -0.4 is 0 Å². The van der Waals surface area contributed by atoms with Crippen LogP contribution in [0.4, 0.5) is 0 Å². The van der Waals surface area contributed by atoms with Gasteiger partial charge in [0, 0.05) is 10.7 Å². The van der Waals surface area contributed by atoms with Crippen molar-refractivity contribution in [1.82, 2.24) is 0 Å². The molecule has 1 heterocycles. The molecule has 0 aromatic carbocycles. The van der Waals surface area contributed by atoms with E-state index in [-0.39, 0.29) is 17.8 Å². The standard InChI is InChI=1S/C14H26Br2O5/c1-12-8-18-11-14(2,10-16)21-6-4-17-3-5-19-13(7-15)9-20-12/h12-13H,3-11H2,1-2H3/t12?,13-,14+/m1/s1. The van der Waals surface area contributed by atoms with Gasteiger partial charge in [0.15, 0.2) is 0 Å². The lowest BCUT2D eigenvalue weighted by Gasteiger charge is -2.28. The molecule has 7 heteroatoms. The van der Waals surface area contributed by atoms with E-state index in [1.54, 1.807) is 0 Å². The van der Waals surface area contributed by atoms with Crippen molar-refractivity contribution in [2.45, 2.75) is 31.7 Å². The van der Waals surface area contributed by atoms with Crippen molar-refractivity contribution in [2.75, 3.05) is 56.9 Å². The largest absolute Gasteiger partial charge is 0.377 e. The zero-order valence-electron chi connectivity index (χ0n) is 12.8. The molecule has 0 radical (unpaired) electrons. The van der Waals surface area contributed by atoms with Gasteiger partial charge < -0.3 is 23.7 Å². The van der Waals surface area contributed by atoms with Crippen molar-refractivity contribution >= 4 is 31.9 Å². The number of hydrogen-bond donors (Lipinski definition) is 0. The van der Waals surface area contributed by atoms with E-state index in [1.807, 2.05) is 13.8 Å². The molecule has 1 saturated heterocycles. The Labute approximate surface area is 144 Å². The van der Waals surface area contributed by atoms with E-state index in [0.717, 1.165) is 5.33 Å². The summed E-state index contributed by atoms with van der Waals surface area (Å²) in [6.45, 7) is 7.83. The van der Waals surface area contributed by atoms with Gasteiger partial charge in [-0.3, -0.25) is 0 Å². The van der Waals surface area contributed by atoms with Gasteiger partial charge in [-0.1, -0.05) is 31.9 Å². The van der Waals surface area contributed by atoms with Gasteiger partial charge in [-0.05, 0) is 13.8 Å². The Morgan fingerprint density at radius 2 is 1.76 bits per heavy atom. The van der Waals surface area contributed by atoms with Crippen LogP contribution in [0.3, 0.4) is 0 Å². The van der Waals surface area contributed by atoms with E-state index < -0.39 is 0 Å². The number of halogens is 2. The SMILES string of the molecule is CC1COC[C@](C)(CBr)OCCOCCO[C@H](CBr)CO1. The molecule has 1 fully saturated rings. The predicted molar refractivity (Wildman–Crippen MR) is 88.7 cm³/mol. The monoisotopic (exact) mass is 432 g/mol. The van der Waals surface area contributed by atoms with E-state index in [1.165, 1.54) is 0 Å². The summed E-state index contributed by atoms with van der Waals surface area (Å²) in [5, 5.41) is 1.45. The topological polar surface area (TPSA) is 46.2 Å². The molecular weight excluding hydrogens is 408 g/mol. The summed E-state index contributed by atoms with van der Waals surface area (Å²) in [6.07, 6.45) is 0.0568. The first-order chi connectivity index (χ1) is 10.1. The first-order valence-corrected chi connectivity index (χ1v) is 9.48. The third-order valence-corrected chi connectivity index (χ3v) is 4.95. The second-order valence-corrected chi connectivity index (χ2v) is 6.56. The summed E-state index contributed by atoms with van der Waals surface area (Å²) in [6, 6.07) is 0. The molecule has 1 unspecified atom stereocenters. The van der Waals surface area contributed by atoms with Crippen molar-refractivity contribution < 1.29 is 23.7 Å². The van der Waals surface area contributed by atoms with Crippen LogP contribution in [0.25, 0.3) is 0 Å². The van der Waals surface area contributed by atoms with Crippen molar-refractivity contribution in [2.24, 2.45) is 0 Å². The molecule has 5 nitrogen and oxygen atoms in total. The van der Waals surface area contributed by atoms with Crippen LogP contribution in [0, 0.1) is 0 Å². The first kappa shape index (κ1) is 19.8. The third kappa shape index (κ3) is 8.83. The Balaban J connectivity index is 2.47. The van der Waals surface area contributed by atoms with Crippen molar-refractivity contribution in [3.8, 4) is 0 Å². The Morgan fingerprint density at radius 3 is 2.48 bits per heavy atom. The predicted octanol–water partition coefficient (Wildman–Crippen LogP) is 2.39. The van der Waals surface area contributed by atoms with Gasteiger partial charge in [-0.25, -0.2) is 0 Å². The van der Waals surface area contributed by atoms with Crippen LogP contribution in [0.2, 0.25) is 0 Å². The Kier molecular flexibility index (Phi) is 10.7. The summed E-state index contributed by atoms with van der Waals surface area (Å²) in [5.41, 5.74) is -0.349. The molecule has 1 rings (SSSR count). The molecule has 0 aliphatic carbocycles. The summed E-state index contributed by atoms with van der Waals surface area (Å²) >= 11 is 6.91. The highest BCUT2D eigenvalue weighted by Crippen LogP contribution is 2.15. The molecular formula is C14H26Br2O5. The molecule has 0 spiro atoms. The van der Waals surface area contributed by atoms with Crippen LogP contribution in [0.1, 0.15) is 13.8 Å². The molecule has 0 saturated carbocycles. The number of rotatable bonds is 2. The second kappa shape index (κ2) is 11.3. The van der Waals surface area contributed by atoms with Gasteiger partial charge >= 0.3 is 0 Å². The number of alkyl halides is 2. The average molecular weight is 434 g/mol. The molecule has 0 aromatic heterocycles. The Morgan fingerprint density at radius 1 is 1.00 bits per heavy atom. The van der Waals surface area contributed by atoms with Crippen molar-refractivity contribution in [3.63, 3.8) is 0 Å². The zero-order chi connectivity index (χ0) is 15.6. The maximum atomic E-state index is 5.85. The first-order valence-electron chi connectivity index (χ1n) is 7.24. The van der Waals surface area contributed by atoms with Gasteiger partial charge in [0.25, 0.3) is 0 Å². The fraction of sp³-hybridized carbons (Fsp3) is 1.00. The fourth-order valence-electron chi connectivity index (χ4n) is 1.74. The highest BCUT2D eigenvalue weighted by Gasteiger charge is 2.24. The zero-order valence-corrected chi connectivity index (χ0v) is 16.0. The smallest absolute Gasteiger partial charge is 0.0984 e. The van der Waals surface area contributed by atoms with Gasteiger partial charge in [0.2, 0.25) is 0 Å². The molecule has 0 N–H and O–H groups in total. The summed E-state index contributed by atoms with van der Waals surface area (Å²) in [5.74, 6) is 0. The lowest BCUT2D eigenvalue weighted by molar-refractivity contribution is -0.0998. The minimum Gasteiger partial charge on any atom is -0.377 e. The summed E-state index contributed by atoms with van der Waals surface area (Å²) in [7, 11) is 0. The molecule has 126 valence electrons. The highest BCUT2D eigenvalue weighted by molar-refractivity contribution is 9.09. The van der Waals surface area contributed by atoms with Crippen molar-refractivity contribution in [1.29, 1.82) is 0 Å². The Hall–Kier alpha value is 0.760. The summed E-state index contributed by atoms with van der Waals surface area (Å²) in [4.78, 5) is 0. The molecule has 3 atom stereocenters. The minimum absolute atomic E-state index is 0.0242. The van der Waals surface area contributed by atoms with Gasteiger partial charge in [-0.15, -0.1) is 0 Å². The van der Waals surface area contributed by atoms with Gasteiger partial charge in [0.1, 0.15) is 0 Å². The molecule has 1 aliphatic heterocycles. The highest BCUT2D eigenvalue weighted by atomic mass is 79.9. The van der Waals surface area contributed by atoms with E-state index >= 15 is 0 Å². The van der Waals surface area contributed by atoms with Crippen molar-refractivity contribution in [3.05, 3.63) is 0 Å². The van der Waals surface area contributed by atoms with Crippen LogP contribution in [0.5, 0.6) is 0 Å². The van der Waals surface area contributed by atoms with Crippen LogP contribution >= 0.6 is 31.9 Å². The van der Waals surface area contributed by atoms with Crippen LogP contribution in [-0.4, -0.2) is 74.7 Å². The van der Waals surface area contributed by atoms with E-state index in [9.17, 15) is 0 Å². The van der Waals surface area contributed by atoms with E-state index in [2.05, 4.69) is 31.9 Å². The van der Waals surface area contributed by atoms with E-state index in [4.69, 9.17) is 23.7 Å². The summed E-state index contributed by atoms with van der Waals surface area (Å²) < 4.78 is 28.5. The van der Waals surface area contributed by atoms with Gasteiger partial charge in [0.05, 0.1) is 64.1 Å². The van der Waals surface area contributed by atoms with Crippen LogP contribution in [0.15, 0.2) is 0 Å². The lowest BCUT2D eigenvalue weighted by Crippen LogP contribution is -2.38. The molecule has 21 heavy (non-hydrogen) atoms. The molecule has 1 aliphatic rings. The fourth-order valence-corrected chi connectivity index (χ4v) is 2.44. The molecule has 0 amide bonds. The van der Waals surface area contributed by atoms with Crippen LogP contribution in [-0.2, 0) is 23.7 Å². The Bertz CT molecular complexity index is 270. The average Bonchev–Trinajstić information content (AvgIpc) is 2.49.